The van der Waals surface area contributed by atoms with Crippen molar-refractivity contribution in [1.82, 2.24) is 14.7 Å². The van der Waals surface area contributed by atoms with Crippen LogP contribution in [-0.2, 0) is 10.0 Å². The molecule has 1 N–H and O–H groups in total. The maximum atomic E-state index is 12.1. The first-order valence-corrected chi connectivity index (χ1v) is 8.18. The van der Waals surface area contributed by atoms with Crippen molar-refractivity contribution in [2.24, 2.45) is 0 Å². The Bertz CT molecular complexity index is 668. The Morgan fingerprint density at radius 2 is 2.16 bits per heavy atom. The lowest BCUT2D eigenvalue weighted by atomic mass is 10.4. The van der Waals surface area contributed by atoms with Gasteiger partial charge in [-0.05, 0) is 26.0 Å². The minimum absolute atomic E-state index is 0.0806. The quantitative estimate of drug-likeness (QED) is 0.880. The Morgan fingerprint density at radius 1 is 1.42 bits per heavy atom. The fourth-order valence-corrected chi connectivity index (χ4v) is 3.59. The first-order chi connectivity index (χ1) is 8.88. The van der Waals surface area contributed by atoms with Crippen molar-refractivity contribution in [2.75, 3.05) is 0 Å². The fraction of sp³-hybridized carbons (Fsp3) is 0.273. The molecule has 2 aromatic heterocycles. The summed E-state index contributed by atoms with van der Waals surface area (Å²) in [4.78, 5) is 8.10. The summed E-state index contributed by atoms with van der Waals surface area (Å²) in [6.45, 7) is 3.61. The Morgan fingerprint density at radius 3 is 2.68 bits per heavy atom. The number of sulfonamides is 1. The predicted molar refractivity (Wildman–Crippen MR) is 74.8 cm³/mol. The number of rotatable bonds is 4. The van der Waals surface area contributed by atoms with Crippen molar-refractivity contribution in [1.29, 1.82) is 0 Å². The van der Waals surface area contributed by atoms with Crippen LogP contribution < -0.4 is 4.72 Å². The molecule has 0 aromatic carbocycles. The van der Waals surface area contributed by atoms with Crippen molar-refractivity contribution in [2.45, 2.75) is 24.8 Å². The van der Waals surface area contributed by atoms with Crippen LogP contribution in [0.4, 0.5) is 0 Å². The average Bonchev–Trinajstić information content (AvgIpc) is 2.76. The molecule has 0 aliphatic heterocycles. The highest BCUT2D eigenvalue weighted by atomic mass is 35.5. The second-order valence-corrected chi connectivity index (χ2v) is 6.98. The molecule has 102 valence electrons. The zero-order chi connectivity index (χ0) is 14.0. The number of hydrogen-bond acceptors (Lipinski definition) is 5. The molecule has 1 unspecified atom stereocenters. The molecule has 1 atom stereocenters. The van der Waals surface area contributed by atoms with E-state index in [1.807, 2.05) is 12.3 Å². The number of aryl methyl sites for hydroxylation is 1. The van der Waals surface area contributed by atoms with Gasteiger partial charge in [-0.3, -0.25) is 0 Å². The standard InChI is InChI=1S/C11H12ClN3O2S2/c1-7-6-18-11(14-7)8(2)15-19(16,17)9-3-4-10(12)13-5-9/h3-6,8,15H,1-2H3. The summed E-state index contributed by atoms with van der Waals surface area (Å²) in [6.07, 6.45) is 1.23. The van der Waals surface area contributed by atoms with Crippen molar-refractivity contribution in [3.05, 3.63) is 39.6 Å². The van der Waals surface area contributed by atoms with E-state index < -0.39 is 10.0 Å². The van der Waals surface area contributed by atoms with Crippen LogP contribution >= 0.6 is 22.9 Å². The molecule has 0 amide bonds. The number of hydrogen-bond donors (Lipinski definition) is 1. The number of halogens is 1. The molecule has 19 heavy (non-hydrogen) atoms. The molecule has 2 aromatic rings. The van der Waals surface area contributed by atoms with Crippen molar-refractivity contribution >= 4 is 33.0 Å². The largest absolute Gasteiger partial charge is 0.245 e. The minimum Gasteiger partial charge on any atom is -0.245 e. The number of pyridine rings is 1. The Hall–Kier alpha value is -1.02. The van der Waals surface area contributed by atoms with Gasteiger partial charge < -0.3 is 0 Å². The number of nitrogens with zero attached hydrogens (tertiary/aromatic N) is 2. The maximum Gasteiger partial charge on any atom is 0.242 e. The lowest BCUT2D eigenvalue weighted by Crippen LogP contribution is -2.26. The molecule has 0 radical (unpaired) electrons. The van der Waals surface area contributed by atoms with Gasteiger partial charge in [0.2, 0.25) is 10.0 Å². The summed E-state index contributed by atoms with van der Waals surface area (Å²) >= 11 is 7.05. The Balaban J connectivity index is 2.19. The minimum atomic E-state index is -3.62. The van der Waals surface area contributed by atoms with Gasteiger partial charge in [-0.2, -0.15) is 0 Å². The van der Waals surface area contributed by atoms with E-state index in [0.29, 0.717) is 0 Å². The van der Waals surface area contributed by atoms with Gasteiger partial charge >= 0.3 is 0 Å². The van der Waals surface area contributed by atoms with E-state index in [4.69, 9.17) is 11.6 Å². The molecule has 0 aliphatic carbocycles. The first kappa shape index (κ1) is 14.4. The van der Waals surface area contributed by atoms with Gasteiger partial charge in [-0.1, -0.05) is 11.6 Å². The zero-order valence-electron chi connectivity index (χ0n) is 10.3. The monoisotopic (exact) mass is 317 g/mol. The van der Waals surface area contributed by atoms with E-state index in [2.05, 4.69) is 14.7 Å². The predicted octanol–water partition coefficient (Wildman–Crippen LogP) is 2.54. The third kappa shape index (κ3) is 3.50. The van der Waals surface area contributed by atoms with Crippen molar-refractivity contribution < 1.29 is 8.42 Å². The van der Waals surface area contributed by atoms with E-state index in [9.17, 15) is 8.42 Å². The molecule has 8 heteroatoms. The molecule has 0 saturated carbocycles. The highest BCUT2D eigenvalue weighted by Crippen LogP contribution is 2.20. The summed E-state index contributed by atoms with van der Waals surface area (Å²) in [5.41, 5.74) is 0.874. The van der Waals surface area contributed by atoms with Crippen LogP contribution in [0.2, 0.25) is 5.15 Å². The number of thiazole rings is 1. The molecule has 0 fully saturated rings. The van der Waals surface area contributed by atoms with Gasteiger partial charge in [0.05, 0.1) is 6.04 Å². The SMILES string of the molecule is Cc1csc(C(C)NS(=O)(=O)c2ccc(Cl)nc2)n1. The normalized spacial score (nSPS) is 13.4. The lowest BCUT2D eigenvalue weighted by Gasteiger charge is -2.11. The molecular weight excluding hydrogens is 306 g/mol. The summed E-state index contributed by atoms with van der Waals surface area (Å²) in [5, 5.41) is 2.86. The molecule has 2 rings (SSSR count). The van der Waals surface area contributed by atoms with E-state index >= 15 is 0 Å². The average molecular weight is 318 g/mol. The van der Waals surface area contributed by atoms with E-state index in [1.54, 1.807) is 6.92 Å². The van der Waals surface area contributed by atoms with Gasteiger partial charge in [0.25, 0.3) is 0 Å². The highest BCUT2D eigenvalue weighted by Gasteiger charge is 2.20. The van der Waals surface area contributed by atoms with Crippen LogP contribution in [0.5, 0.6) is 0 Å². The van der Waals surface area contributed by atoms with Gasteiger partial charge in [0, 0.05) is 17.3 Å². The smallest absolute Gasteiger partial charge is 0.242 e. The van der Waals surface area contributed by atoms with Crippen molar-refractivity contribution in [3.8, 4) is 0 Å². The second-order valence-electron chi connectivity index (χ2n) is 3.99. The van der Waals surface area contributed by atoms with E-state index in [0.717, 1.165) is 10.7 Å². The molecule has 2 heterocycles. The van der Waals surface area contributed by atoms with Crippen LogP contribution in [-0.4, -0.2) is 18.4 Å². The molecule has 5 nitrogen and oxygen atoms in total. The molecular formula is C11H12ClN3O2S2. The molecule has 0 spiro atoms. The third-order valence-electron chi connectivity index (χ3n) is 2.35. The van der Waals surface area contributed by atoms with Crippen LogP contribution in [0.3, 0.4) is 0 Å². The maximum absolute atomic E-state index is 12.1. The zero-order valence-corrected chi connectivity index (χ0v) is 12.7. The summed E-state index contributed by atoms with van der Waals surface area (Å²) in [6, 6.07) is 2.46. The first-order valence-electron chi connectivity index (χ1n) is 5.44. The van der Waals surface area contributed by atoms with Gasteiger partial charge in [-0.15, -0.1) is 11.3 Å². The summed E-state index contributed by atoms with van der Waals surface area (Å²) in [5.74, 6) is 0. The topological polar surface area (TPSA) is 72.0 Å². The fourth-order valence-electron chi connectivity index (χ4n) is 1.44. The van der Waals surface area contributed by atoms with Crippen LogP contribution in [0.1, 0.15) is 23.7 Å². The number of aromatic nitrogens is 2. The third-order valence-corrected chi connectivity index (χ3v) is 5.24. The van der Waals surface area contributed by atoms with Crippen molar-refractivity contribution in [3.63, 3.8) is 0 Å². The summed E-state index contributed by atoms with van der Waals surface area (Å²) in [7, 11) is -3.62. The van der Waals surface area contributed by atoms with Gasteiger partial charge in [0.1, 0.15) is 15.1 Å². The van der Waals surface area contributed by atoms with Crippen LogP contribution in [0, 0.1) is 6.92 Å². The van der Waals surface area contributed by atoms with E-state index in [-0.39, 0.29) is 16.1 Å². The second kappa shape index (κ2) is 5.54. The summed E-state index contributed by atoms with van der Waals surface area (Å²) < 4.78 is 26.8. The van der Waals surface area contributed by atoms with Gasteiger partial charge in [0.15, 0.2) is 0 Å². The number of nitrogens with one attached hydrogen (secondary N) is 1. The molecule has 0 saturated heterocycles. The van der Waals surface area contributed by atoms with Crippen LogP contribution in [0.25, 0.3) is 0 Å². The van der Waals surface area contributed by atoms with E-state index in [1.165, 1.54) is 29.7 Å². The van der Waals surface area contributed by atoms with Crippen LogP contribution in [0.15, 0.2) is 28.6 Å². The Kier molecular flexibility index (Phi) is 4.19. The highest BCUT2D eigenvalue weighted by molar-refractivity contribution is 7.89. The van der Waals surface area contributed by atoms with Gasteiger partial charge in [-0.25, -0.2) is 23.1 Å². The molecule has 0 aliphatic rings. The Labute approximate surface area is 120 Å². The molecule has 0 bridgehead atoms. The lowest BCUT2D eigenvalue weighted by molar-refractivity contribution is 0.565.